The predicted octanol–water partition coefficient (Wildman–Crippen LogP) is 4.31. The summed E-state index contributed by atoms with van der Waals surface area (Å²) in [6, 6.07) is 3.77. The molecule has 0 atom stereocenters. The zero-order valence-electron chi connectivity index (χ0n) is 16.8. The number of imidazole rings is 1. The lowest BCUT2D eigenvalue weighted by atomic mass is 10.2. The van der Waals surface area contributed by atoms with E-state index in [4.69, 9.17) is 4.74 Å². The van der Waals surface area contributed by atoms with Crippen molar-refractivity contribution in [2.24, 2.45) is 0 Å². The quantitative estimate of drug-likeness (QED) is 0.739. The lowest BCUT2D eigenvalue weighted by Crippen LogP contribution is -2.34. The van der Waals surface area contributed by atoms with Gasteiger partial charge in [-0.1, -0.05) is 26.7 Å². The van der Waals surface area contributed by atoms with Gasteiger partial charge in [-0.15, -0.1) is 0 Å². The number of unbranched alkanes of at least 4 members (excludes halogenated alkanes) is 1. The van der Waals surface area contributed by atoms with Gasteiger partial charge in [-0.3, -0.25) is 9.97 Å². The molecular formula is C20H29N5O2. The molecule has 1 N–H and O–H groups in total. The van der Waals surface area contributed by atoms with E-state index in [0.29, 0.717) is 13.1 Å². The molecule has 0 aliphatic heterocycles. The van der Waals surface area contributed by atoms with E-state index in [1.165, 1.54) is 12.8 Å². The van der Waals surface area contributed by atoms with Gasteiger partial charge in [0.1, 0.15) is 16.6 Å². The summed E-state index contributed by atoms with van der Waals surface area (Å²) in [5.41, 5.74) is 2.83. The topological polar surface area (TPSA) is 81.9 Å². The maximum absolute atomic E-state index is 11.7. The number of hydrogen-bond donors (Lipinski definition) is 1. The molecule has 0 aromatic carbocycles. The van der Waals surface area contributed by atoms with E-state index in [2.05, 4.69) is 34.1 Å². The largest absolute Gasteiger partial charge is 0.444 e. The van der Waals surface area contributed by atoms with Crippen LogP contribution in [0.15, 0.2) is 30.9 Å². The second-order valence-electron chi connectivity index (χ2n) is 7.23. The molecule has 0 radical (unpaired) electrons. The summed E-state index contributed by atoms with van der Waals surface area (Å²) in [4.78, 5) is 24.8. The van der Waals surface area contributed by atoms with Gasteiger partial charge < -0.3 is 14.6 Å². The molecule has 0 saturated heterocycles. The highest BCUT2D eigenvalue weighted by molar-refractivity contribution is 5.99. The fourth-order valence-electron chi connectivity index (χ4n) is 2.33. The summed E-state index contributed by atoms with van der Waals surface area (Å²) >= 11 is 0. The molecule has 3 aromatic heterocycles. The van der Waals surface area contributed by atoms with E-state index < -0.39 is 11.7 Å². The Labute approximate surface area is 160 Å². The summed E-state index contributed by atoms with van der Waals surface area (Å²) < 4.78 is 7.18. The highest BCUT2D eigenvalue weighted by Crippen LogP contribution is 2.20. The monoisotopic (exact) mass is 371 g/mol. The number of carbonyl (C=O) groups excluding carboxylic acids is 1. The van der Waals surface area contributed by atoms with Gasteiger partial charge in [-0.05, 0) is 32.9 Å². The number of alkyl carbamates (subject to hydrolysis) is 1. The van der Waals surface area contributed by atoms with Crippen molar-refractivity contribution < 1.29 is 9.53 Å². The van der Waals surface area contributed by atoms with Crippen LogP contribution in [0.25, 0.3) is 22.1 Å². The highest BCUT2D eigenvalue weighted by Gasteiger charge is 2.16. The molecule has 0 bridgehead atoms. The molecule has 0 aliphatic carbocycles. The van der Waals surface area contributed by atoms with Crippen LogP contribution in [0.2, 0.25) is 0 Å². The zero-order valence-corrected chi connectivity index (χ0v) is 16.8. The van der Waals surface area contributed by atoms with Gasteiger partial charge >= 0.3 is 6.09 Å². The van der Waals surface area contributed by atoms with Crippen molar-refractivity contribution in [2.75, 3.05) is 6.54 Å². The van der Waals surface area contributed by atoms with Gasteiger partial charge in [0.2, 0.25) is 0 Å². The third kappa shape index (κ3) is 5.91. The van der Waals surface area contributed by atoms with Crippen LogP contribution in [0.5, 0.6) is 0 Å². The number of fused-ring (bicyclic) bond motifs is 3. The van der Waals surface area contributed by atoms with E-state index in [-0.39, 0.29) is 0 Å². The molecular weight excluding hydrogens is 342 g/mol. The number of carbonyl (C=O) groups is 1. The molecule has 27 heavy (non-hydrogen) atoms. The maximum atomic E-state index is 11.7. The smallest absolute Gasteiger partial charge is 0.407 e. The van der Waals surface area contributed by atoms with Crippen LogP contribution in [-0.2, 0) is 11.3 Å². The number of nitrogens with one attached hydrogen (secondary N) is 1. The molecule has 0 aliphatic rings. The summed E-state index contributed by atoms with van der Waals surface area (Å²) in [5.74, 6) is 0. The fourth-order valence-corrected chi connectivity index (χ4v) is 2.33. The van der Waals surface area contributed by atoms with Crippen LogP contribution in [0, 0.1) is 0 Å². The molecule has 0 unspecified atom stereocenters. The van der Waals surface area contributed by atoms with Crippen molar-refractivity contribution in [1.82, 2.24) is 24.8 Å². The Balaban J connectivity index is 0.000000596. The van der Waals surface area contributed by atoms with E-state index in [1.54, 1.807) is 18.7 Å². The minimum atomic E-state index is -0.502. The Morgan fingerprint density at radius 3 is 2.56 bits per heavy atom. The molecule has 1 amide bonds. The molecule has 0 saturated carbocycles. The third-order valence-corrected chi connectivity index (χ3v) is 3.72. The maximum Gasteiger partial charge on any atom is 0.407 e. The number of ether oxygens (including phenoxy) is 1. The SMILES string of the molecule is CC(C)(C)OC(=O)NCCn1cnc2cnc3cccnc3c21.CCCC. The summed E-state index contributed by atoms with van der Waals surface area (Å²) in [6.07, 6.45) is 7.42. The number of amides is 1. The van der Waals surface area contributed by atoms with Crippen molar-refractivity contribution >= 4 is 28.2 Å². The second kappa shape index (κ2) is 9.30. The van der Waals surface area contributed by atoms with Crippen LogP contribution in [0.3, 0.4) is 0 Å². The lowest BCUT2D eigenvalue weighted by Gasteiger charge is -2.19. The minimum absolute atomic E-state index is 0.424. The van der Waals surface area contributed by atoms with E-state index in [1.807, 2.05) is 37.5 Å². The Hall–Kier alpha value is -2.70. The molecule has 0 fully saturated rings. The van der Waals surface area contributed by atoms with Crippen LogP contribution in [0.1, 0.15) is 47.5 Å². The van der Waals surface area contributed by atoms with Crippen LogP contribution in [0.4, 0.5) is 4.79 Å². The van der Waals surface area contributed by atoms with Gasteiger partial charge in [0.25, 0.3) is 0 Å². The average molecular weight is 371 g/mol. The molecule has 3 heterocycles. The van der Waals surface area contributed by atoms with Gasteiger partial charge in [0, 0.05) is 19.3 Å². The molecule has 146 valence electrons. The number of hydrogen-bond acceptors (Lipinski definition) is 5. The Bertz CT molecular complexity index is 881. The van der Waals surface area contributed by atoms with Crippen molar-refractivity contribution in [2.45, 2.75) is 59.6 Å². The standard InChI is InChI=1S/C16H19N5O2.C4H10/c1-16(2,3)23-15(22)18-7-8-21-10-20-12-9-19-11-5-4-6-17-13(11)14(12)21;1-3-4-2/h4-6,9-10H,7-8H2,1-3H3,(H,18,22);3-4H2,1-2H3. The van der Waals surface area contributed by atoms with Crippen molar-refractivity contribution in [3.8, 4) is 0 Å². The Morgan fingerprint density at radius 2 is 1.89 bits per heavy atom. The molecule has 3 rings (SSSR count). The first-order valence-electron chi connectivity index (χ1n) is 9.37. The van der Waals surface area contributed by atoms with Crippen LogP contribution < -0.4 is 5.32 Å². The summed E-state index contributed by atoms with van der Waals surface area (Å²) in [5, 5.41) is 2.74. The Morgan fingerprint density at radius 1 is 1.15 bits per heavy atom. The first kappa shape index (κ1) is 20.6. The number of rotatable bonds is 4. The van der Waals surface area contributed by atoms with Crippen LogP contribution >= 0.6 is 0 Å². The molecule has 7 nitrogen and oxygen atoms in total. The number of pyridine rings is 2. The molecule has 3 aromatic rings. The number of nitrogens with zero attached hydrogens (tertiary/aromatic N) is 4. The van der Waals surface area contributed by atoms with Crippen molar-refractivity contribution in [3.63, 3.8) is 0 Å². The van der Waals surface area contributed by atoms with Gasteiger partial charge in [-0.2, -0.15) is 0 Å². The van der Waals surface area contributed by atoms with Gasteiger partial charge in [0.05, 0.1) is 23.6 Å². The minimum Gasteiger partial charge on any atom is -0.444 e. The molecule has 0 spiro atoms. The Kier molecular flexibility index (Phi) is 7.10. The molecule has 7 heteroatoms. The highest BCUT2D eigenvalue weighted by atomic mass is 16.6. The predicted molar refractivity (Wildman–Crippen MR) is 108 cm³/mol. The van der Waals surface area contributed by atoms with Crippen LogP contribution in [-0.4, -0.2) is 37.8 Å². The first-order chi connectivity index (χ1) is 12.9. The third-order valence-electron chi connectivity index (χ3n) is 3.72. The van der Waals surface area contributed by atoms with E-state index in [9.17, 15) is 4.79 Å². The normalized spacial score (nSPS) is 11.1. The van der Waals surface area contributed by atoms with Gasteiger partial charge in [-0.25, -0.2) is 9.78 Å². The second-order valence-corrected chi connectivity index (χ2v) is 7.23. The van der Waals surface area contributed by atoms with E-state index in [0.717, 1.165) is 22.1 Å². The van der Waals surface area contributed by atoms with E-state index >= 15 is 0 Å². The van der Waals surface area contributed by atoms with Gasteiger partial charge in [0.15, 0.2) is 0 Å². The number of aromatic nitrogens is 4. The summed E-state index contributed by atoms with van der Waals surface area (Å²) in [6.45, 7) is 10.9. The zero-order chi connectivity index (χ0) is 19.9. The van der Waals surface area contributed by atoms with Crippen molar-refractivity contribution in [3.05, 3.63) is 30.9 Å². The lowest BCUT2D eigenvalue weighted by molar-refractivity contribution is 0.0526. The average Bonchev–Trinajstić information content (AvgIpc) is 3.04. The van der Waals surface area contributed by atoms with Crippen molar-refractivity contribution in [1.29, 1.82) is 0 Å². The fraction of sp³-hybridized carbons (Fsp3) is 0.500. The first-order valence-corrected chi connectivity index (χ1v) is 9.37. The summed E-state index contributed by atoms with van der Waals surface area (Å²) in [7, 11) is 0.